The molecule has 7 nitrogen and oxygen atoms in total. The highest BCUT2D eigenvalue weighted by atomic mass is 16.5. The molecule has 7 heteroatoms. The van der Waals surface area contributed by atoms with E-state index in [1.54, 1.807) is 18.9 Å². The Kier molecular flexibility index (Phi) is 6.32. The molecule has 0 aromatic carbocycles. The van der Waals surface area contributed by atoms with Gasteiger partial charge in [0.1, 0.15) is 0 Å². The van der Waals surface area contributed by atoms with Crippen LogP contribution in [-0.4, -0.2) is 85.1 Å². The van der Waals surface area contributed by atoms with Crippen LogP contribution in [-0.2, 0) is 27.7 Å². The molecule has 0 aliphatic carbocycles. The molecule has 0 radical (unpaired) electrons. The molecule has 0 N–H and O–H groups in total. The van der Waals surface area contributed by atoms with Gasteiger partial charge in [-0.1, -0.05) is 0 Å². The van der Waals surface area contributed by atoms with E-state index in [9.17, 15) is 4.79 Å². The minimum Gasteiger partial charge on any atom is -0.383 e. The van der Waals surface area contributed by atoms with E-state index in [1.807, 2.05) is 24.2 Å². The minimum absolute atomic E-state index is 0.196. The van der Waals surface area contributed by atoms with Gasteiger partial charge in [0.25, 0.3) is 0 Å². The van der Waals surface area contributed by atoms with E-state index in [0.29, 0.717) is 17.9 Å². The number of methoxy groups -OCH3 is 2. The smallest absolute Gasteiger partial charge is 0.228 e. The molecule has 1 spiro atoms. The summed E-state index contributed by atoms with van der Waals surface area (Å²) in [5, 5.41) is 4.32. The molecule has 2 aliphatic heterocycles. The van der Waals surface area contributed by atoms with E-state index in [4.69, 9.17) is 9.47 Å². The van der Waals surface area contributed by atoms with Crippen LogP contribution in [0.15, 0.2) is 12.3 Å². The van der Waals surface area contributed by atoms with Gasteiger partial charge >= 0.3 is 0 Å². The molecule has 2 aliphatic rings. The molecule has 3 heterocycles. The summed E-state index contributed by atoms with van der Waals surface area (Å²) in [6.45, 7) is 5.27. The summed E-state index contributed by atoms with van der Waals surface area (Å²) in [5.74, 6) is 0.196. The van der Waals surface area contributed by atoms with Crippen LogP contribution in [0, 0.1) is 5.41 Å². The number of likely N-dealkylation sites (tertiary alicyclic amines) is 2. The van der Waals surface area contributed by atoms with Gasteiger partial charge in [-0.3, -0.25) is 14.4 Å². The second-order valence-electron chi connectivity index (χ2n) is 7.81. The molecule has 1 amide bonds. The fraction of sp³-hybridized carbons (Fsp3) is 0.789. The fourth-order valence-electron chi connectivity index (χ4n) is 4.50. The highest BCUT2D eigenvalue weighted by Gasteiger charge is 2.45. The summed E-state index contributed by atoms with van der Waals surface area (Å²) in [5.41, 5.74) is 1.17. The van der Waals surface area contributed by atoms with Crippen molar-refractivity contribution in [2.75, 3.05) is 53.6 Å². The molecule has 1 aromatic heterocycles. The van der Waals surface area contributed by atoms with Crippen molar-refractivity contribution >= 4 is 5.91 Å². The zero-order valence-corrected chi connectivity index (χ0v) is 16.3. The first-order valence-corrected chi connectivity index (χ1v) is 9.53. The second kappa shape index (κ2) is 8.50. The van der Waals surface area contributed by atoms with Crippen molar-refractivity contribution in [1.29, 1.82) is 0 Å². The maximum absolute atomic E-state index is 12.6. The monoisotopic (exact) mass is 364 g/mol. The van der Waals surface area contributed by atoms with Crippen LogP contribution in [0.5, 0.6) is 0 Å². The Bertz CT molecular complexity index is 595. The average molecular weight is 364 g/mol. The molecule has 146 valence electrons. The van der Waals surface area contributed by atoms with Crippen LogP contribution in [0.2, 0.25) is 0 Å². The number of hydrogen-bond acceptors (Lipinski definition) is 5. The topological polar surface area (TPSA) is 59.8 Å². The SMILES string of the molecule is COCCN1CC2(CCN(C(=O)Cc3ccn(C)n3)CC2)CC1COC. The molecule has 0 bridgehead atoms. The van der Waals surface area contributed by atoms with E-state index in [2.05, 4.69) is 10.00 Å². The molecule has 1 unspecified atom stereocenters. The van der Waals surface area contributed by atoms with Crippen LogP contribution < -0.4 is 0 Å². The third-order valence-electron chi connectivity index (χ3n) is 5.94. The summed E-state index contributed by atoms with van der Waals surface area (Å²) in [6, 6.07) is 2.38. The van der Waals surface area contributed by atoms with Crippen LogP contribution >= 0.6 is 0 Å². The molecule has 0 saturated carbocycles. The van der Waals surface area contributed by atoms with Crippen molar-refractivity contribution in [2.45, 2.75) is 31.7 Å². The van der Waals surface area contributed by atoms with E-state index in [1.165, 1.54) is 0 Å². The number of piperidine rings is 1. The van der Waals surface area contributed by atoms with Crippen molar-refractivity contribution in [3.8, 4) is 0 Å². The summed E-state index contributed by atoms with van der Waals surface area (Å²) in [7, 11) is 5.41. The Hall–Kier alpha value is -1.44. The first-order chi connectivity index (χ1) is 12.5. The fourth-order valence-corrected chi connectivity index (χ4v) is 4.50. The molecule has 2 saturated heterocycles. The van der Waals surface area contributed by atoms with Crippen LogP contribution in [0.3, 0.4) is 0 Å². The first kappa shape index (κ1) is 19.3. The van der Waals surface area contributed by atoms with E-state index >= 15 is 0 Å². The number of rotatable bonds is 7. The third kappa shape index (κ3) is 4.45. The number of aromatic nitrogens is 2. The number of aryl methyl sites for hydroxylation is 1. The van der Waals surface area contributed by atoms with Crippen LogP contribution in [0.4, 0.5) is 0 Å². The number of amides is 1. The van der Waals surface area contributed by atoms with Gasteiger partial charge in [-0.25, -0.2) is 0 Å². The quantitative estimate of drug-likeness (QED) is 0.721. The lowest BCUT2D eigenvalue weighted by molar-refractivity contribution is -0.132. The van der Waals surface area contributed by atoms with Crippen LogP contribution in [0.1, 0.15) is 25.0 Å². The largest absolute Gasteiger partial charge is 0.383 e. The van der Waals surface area contributed by atoms with Gasteiger partial charge in [-0.05, 0) is 30.7 Å². The average Bonchev–Trinajstić information content (AvgIpc) is 3.18. The van der Waals surface area contributed by atoms with Gasteiger partial charge in [-0.15, -0.1) is 0 Å². The lowest BCUT2D eigenvalue weighted by atomic mass is 9.76. The van der Waals surface area contributed by atoms with Crippen molar-refractivity contribution in [2.24, 2.45) is 12.5 Å². The predicted octanol–water partition coefficient (Wildman–Crippen LogP) is 0.939. The third-order valence-corrected chi connectivity index (χ3v) is 5.94. The Labute approximate surface area is 156 Å². The summed E-state index contributed by atoms with van der Waals surface area (Å²) < 4.78 is 12.5. The number of carbonyl (C=O) groups excluding carboxylic acids is 1. The first-order valence-electron chi connectivity index (χ1n) is 9.53. The molecule has 3 rings (SSSR count). The highest BCUT2D eigenvalue weighted by Crippen LogP contribution is 2.43. The van der Waals surface area contributed by atoms with Gasteiger partial charge in [0, 0.05) is 59.7 Å². The molecular weight excluding hydrogens is 332 g/mol. The summed E-state index contributed by atoms with van der Waals surface area (Å²) >= 11 is 0. The Balaban J connectivity index is 1.54. The van der Waals surface area contributed by atoms with Crippen molar-refractivity contribution in [3.05, 3.63) is 18.0 Å². The van der Waals surface area contributed by atoms with E-state index in [-0.39, 0.29) is 5.91 Å². The van der Waals surface area contributed by atoms with Gasteiger partial charge in [0.05, 0.1) is 25.3 Å². The van der Waals surface area contributed by atoms with E-state index in [0.717, 1.165) is 64.3 Å². The molecular formula is C19H32N4O3. The standard InChI is InChI=1S/C19H32N4O3/c1-21-7-4-16(20-21)12-18(24)22-8-5-19(6-9-22)13-17(14-26-3)23(15-19)10-11-25-2/h4,7,17H,5-6,8-15H2,1-3H3. The van der Waals surface area contributed by atoms with Crippen molar-refractivity contribution in [3.63, 3.8) is 0 Å². The molecule has 1 atom stereocenters. The number of nitrogens with zero attached hydrogens (tertiary/aromatic N) is 4. The van der Waals surface area contributed by atoms with Gasteiger partial charge in [-0.2, -0.15) is 5.10 Å². The molecule has 1 aromatic rings. The normalized spacial score (nSPS) is 23.0. The Morgan fingerprint density at radius 2 is 2.08 bits per heavy atom. The van der Waals surface area contributed by atoms with Crippen LogP contribution in [0.25, 0.3) is 0 Å². The van der Waals surface area contributed by atoms with Gasteiger partial charge in [0.15, 0.2) is 0 Å². The zero-order valence-electron chi connectivity index (χ0n) is 16.3. The Morgan fingerprint density at radius 1 is 1.31 bits per heavy atom. The Morgan fingerprint density at radius 3 is 2.69 bits per heavy atom. The van der Waals surface area contributed by atoms with Gasteiger partial charge < -0.3 is 14.4 Å². The summed E-state index contributed by atoms with van der Waals surface area (Å²) in [4.78, 5) is 17.1. The van der Waals surface area contributed by atoms with E-state index < -0.39 is 0 Å². The maximum Gasteiger partial charge on any atom is 0.228 e. The number of carbonyl (C=O) groups is 1. The van der Waals surface area contributed by atoms with Gasteiger partial charge in [0.2, 0.25) is 5.91 Å². The van der Waals surface area contributed by atoms with Crippen molar-refractivity contribution < 1.29 is 14.3 Å². The lowest BCUT2D eigenvalue weighted by Gasteiger charge is -2.39. The number of hydrogen-bond donors (Lipinski definition) is 0. The molecule has 2 fully saturated rings. The van der Waals surface area contributed by atoms with Crippen molar-refractivity contribution in [1.82, 2.24) is 19.6 Å². The predicted molar refractivity (Wildman–Crippen MR) is 98.9 cm³/mol. The number of ether oxygens (including phenoxy) is 2. The zero-order chi connectivity index (χ0) is 18.6. The lowest BCUT2D eigenvalue weighted by Crippen LogP contribution is -2.45. The molecule has 26 heavy (non-hydrogen) atoms. The minimum atomic E-state index is 0.196. The maximum atomic E-state index is 12.6. The second-order valence-corrected chi connectivity index (χ2v) is 7.81. The summed E-state index contributed by atoms with van der Waals surface area (Å²) in [6.07, 6.45) is 5.60. The highest BCUT2D eigenvalue weighted by molar-refractivity contribution is 5.78.